The molecular formula is C24H19BrN2O3. The van der Waals surface area contributed by atoms with Gasteiger partial charge >= 0.3 is 0 Å². The minimum absolute atomic E-state index is 0.0338. The molecule has 150 valence electrons. The number of rotatable bonds is 7. The number of hydrogen-bond acceptors (Lipinski definition) is 4. The summed E-state index contributed by atoms with van der Waals surface area (Å²) in [5, 5.41) is 12.3. The molecule has 6 heteroatoms. The number of carbonyl (C=O) groups excluding carboxylic acids is 1. The monoisotopic (exact) mass is 462 g/mol. The zero-order chi connectivity index (χ0) is 21.3. The summed E-state index contributed by atoms with van der Waals surface area (Å²) in [5.41, 5.74) is 2.18. The largest absolute Gasteiger partial charge is 0.497 e. The van der Waals surface area contributed by atoms with E-state index < -0.39 is 5.91 Å². The van der Waals surface area contributed by atoms with Crippen LogP contribution in [0.25, 0.3) is 6.08 Å². The van der Waals surface area contributed by atoms with E-state index in [1.807, 2.05) is 42.5 Å². The van der Waals surface area contributed by atoms with Crippen LogP contribution in [0, 0.1) is 11.3 Å². The number of methoxy groups -OCH3 is 1. The summed E-state index contributed by atoms with van der Waals surface area (Å²) in [4.78, 5) is 12.6. The highest BCUT2D eigenvalue weighted by Crippen LogP contribution is 2.27. The number of nitriles is 1. The number of nitrogens with one attached hydrogen (secondary N) is 1. The third-order valence-electron chi connectivity index (χ3n) is 4.22. The SMILES string of the molecule is COc1ccc(NC(=O)/C(C#N)=C/c2cc(Br)ccc2OCc2ccccc2)cc1. The number of hydrogen-bond donors (Lipinski definition) is 1. The predicted octanol–water partition coefficient (Wildman–Crippen LogP) is 5.58. The van der Waals surface area contributed by atoms with Gasteiger partial charge in [-0.15, -0.1) is 0 Å². The van der Waals surface area contributed by atoms with E-state index >= 15 is 0 Å². The Morgan fingerprint density at radius 3 is 2.50 bits per heavy atom. The molecule has 0 aliphatic heterocycles. The number of benzene rings is 3. The Morgan fingerprint density at radius 2 is 1.83 bits per heavy atom. The molecule has 1 N–H and O–H groups in total. The normalized spacial score (nSPS) is 10.8. The molecule has 3 rings (SSSR count). The lowest BCUT2D eigenvalue weighted by atomic mass is 10.1. The fourth-order valence-corrected chi connectivity index (χ4v) is 3.05. The summed E-state index contributed by atoms with van der Waals surface area (Å²) in [6.45, 7) is 0.378. The van der Waals surface area contributed by atoms with Crippen molar-refractivity contribution >= 4 is 33.6 Å². The molecule has 0 spiro atoms. The highest BCUT2D eigenvalue weighted by atomic mass is 79.9. The van der Waals surface area contributed by atoms with Gasteiger partial charge in [0.25, 0.3) is 5.91 Å². The van der Waals surface area contributed by atoms with E-state index in [9.17, 15) is 10.1 Å². The van der Waals surface area contributed by atoms with Gasteiger partial charge < -0.3 is 14.8 Å². The first-order valence-corrected chi connectivity index (χ1v) is 9.92. The summed E-state index contributed by atoms with van der Waals surface area (Å²) in [5.74, 6) is 0.752. The molecule has 0 aliphatic rings. The molecular weight excluding hydrogens is 444 g/mol. The molecule has 0 radical (unpaired) electrons. The Morgan fingerprint density at radius 1 is 1.10 bits per heavy atom. The highest BCUT2D eigenvalue weighted by molar-refractivity contribution is 9.10. The molecule has 0 saturated heterocycles. The Bertz CT molecular complexity index is 1090. The predicted molar refractivity (Wildman–Crippen MR) is 120 cm³/mol. The van der Waals surface area contributed by atoms with E-state index in [-0.39, 0.29) is 5.57 Å². The van der Waals surface area contributed by atoms with Crippen molar-refractivity contribution in [1.29, 1.82) is 5.26 Å². The topological polar surface area (TPSA) is 71.3 Å². The summed E-state index contributed by atoms with van der Waals surface area (Å²) in [6, 6.07) is 24.1. The highest BCUT2D eigenvalue weighted by Gasteiger charge is 2.12. The quantitative estimate of drug-likeness (QED) is 0.367. The lowest BCUT2D eigenvalue weighted by molar-refractivity contribution is -0.112. The zero-order valence-corrected chi connectivity index (χ0v) is 17.8. The molecule has 0 aromatic heterocycles. The number of nitrogens with zero attached hydrogens (tertiary/aromatic N) is 1. The molecule has 0 unspecified atom stereocenters. The van der Waals surface area contributed by atoms with Crippen molar-refractivity contribution in [2.75, 3.05) is 12.4 Å². The molecule has 3 aromatic rings. The Balaban J connectivity index is 1.80. The van der Waals surface area contributed by atoms with E-state index in [1.54, 1.807) is 43.5 Å². The van der Waals surface area contributed by atoms with Crippen molar-refractivity contribution in [3.05, 3.63) is 94.0 Å². The molecule has 0 aliphatic carbocycles. The smallest absolute Gasteiger partial charge is 0.266 e. The average molecular weight is 463 g/mol. The summed E-state index contributed by atoms with van der Waals surface area (Å²) >= 11 is 3.43. The fourth-order valence-electron chi connectivity index (χ4n) is 2.68. The Labute approximate surface area is 183 Å². The maximum Gasteiger partial charge on any atom is 0.266 e. The number of amides is 1. The van der Waals surface area contributed by atoms with Gasteiger partial charge in [-0.05, 0) is 54.1 Å². The second kappa shape index (κ2) is 10.3. The lowest BCUT2D eigenvalue weighted by Gasteiger charge is -2.11. The number of carbonyl (C=O) groups is 1. The molecule has 30 heavy (non-hydrogen) atoms. The van der Waals surface area contributed by atoms with E-state index in [0.29, 0.717) is 29.4 Å². The molecule has 0 heterocycles. The van der Waals surface area contributed by atoms with Crippen LogP contribution in [0.4, 0.5) is 5.69 Å². The van der Waals surface area contributed by atoms with E-state index in [2.05, 4.69) is 21.2 Å². The number of halogens is 1. The summed E-state index contributed by atoms with van der Waals surface area (Å²) in [6.07, 6.45) is 1.52. The van der Waals surface area contributed by atoms with Crippen LogP contribution >= 0.6 is 15.9 Å². The second-order valence-electron chi connectivity index (χ2n) is 6.31. The third kappa shape index (κ3) is 5.72. The van der Waals surface area contributed by atoms with Crippen molar-refractivity contribution in [2.24, 2.45) is 0 Å². The van der Waals surface area contributed by atoms with E-state index in [4.69, 9.17) is 9.47 Å². The van der Waals surface area contributed by atoms with Crippen LogP contribution in [0.1, 0.15) is 11.1 Å². The minimum atomic E-state index is -0.503. The summed E-state index contributed by atoms with van der Waals surface area (Å²) < 4.78 is 11.8. The van der Waals surface area contributed by atoms with Gasteiger partial charge in [0.15, 0.2) is 0 Å². The van der Waals surface area contributed by atoms with Crippen LogP contribution in [0.5, 0.6) is 11.5 Å². The fraction of sp³-hybridized carbons (Fsp3) is 0.0833. The lowest BCUT2D eigenvalue weighted by Crippen LogP contribution is -2.13. The van der Waals surface area contributed by atoms with Gasteiger partial charge in [0.05, 0.1) is 7.11 Å². The van der Waals surface area contributed by atoms with Crippen LogP contribution in [0.3, 0.4) is 0 Å². The molecule has 5 nitrogen and oxygen atoms in total. The maximum atomic E-state index is 12.6. The van der Waals surface area contributed by atoms with Crippen LogP contribution in [0.15, 0.2) is 82.8 Å². The van der Waals surface area contributed by atoms with Crippen LogP contribution in [-0.2, 0) is 11.4 Å². The molecule has 0 saturated carbocycles. The minimum Gasteiger partial charge on any atom is -0.497 e. The van der Waals surface area contributed by atoms with Gasteiger partial charge in [0.2, 0.25) is 0 Å². The van der Waals surface area contributed by atoms with Gasteiger partial charge in [0, 0.05) is 15.7 Å². The second-order valence-corrected chi connectivity index (χ2v) is 7.22. The first-order valence-electron chi connectivity index (χ1n) is 9.12. The van der Waals surface area contributed by atoms with Gasteiger partial charge in [-0.3, -0.25) is 4.79 Å². The Hall–Kier alpha value is -3.56. The van der Waals surface area contributed by atoms with Gasteiger partial charge in [-0.25, -0.2) is 0 Å². The van der Waals surface area contributed by atoms with Crippen molar-refractivity contribution in [1.82, 2.24) is 0 Å². The standard InChI is InChI=1S/C24H19BrN2O3/c1-29-22-10-8-21(9-11-22)27-24(28)19(15-26)13-18-14-20(25)7-12-23(18)30-16-17-5-3-2-4-6-17/h2-14H,16H2,1H3,(H,27,28)/b19-13+. The van der Waals surface area contributed by atoms with Crippen LogP contribution in [0.2, 0.25) is 0 Å². The summed E-state index contributed by atoms with van der Waals surface area (Å²) in [7, 11) is 1.57. The first-order chi connectivity index (χ1) is 14.6. The maximum absolute atomic E-state index is 12.6. The molecule has 1 amide bonds. The zero-order valence-electron chi connectivity index (χ0n) is 16.3. The molecule has 0 atom stereocenters. The average Bonchev–Trinajstić information content (AvgIpc) is 2.78. The number of anilines is 1. The van der Waals surface area contributed by atoms with E-state index in [0.717, 1.165) is 10.0 Å². The Kier molecular flexibility index (Phi) is 7.25. The van der Waals surface area contributed by atoms with Crippen LogP contribution in [-0.4, -0.2) is 13.0 Å². The van der Waals surface area contributed by atoms with Crippen molar-refractivity contribution in [3.63, 3.8) is 0 Å². The van der Waals surface area contributed by atoms with Gasteiger partial charge in [-0.1, -0.05) is 46.3 Å². The van der Waals surface area contributed by atoms with Crippen molar-refractivity contribution < 1.29 is 14.3 Å². The number of ether oxygens (including phenoxy) is 2. The molecule has 0 bridgehead atoms. The van der Waals surface area contributed by atoms with Crippen molar-refractivity contribution in [2.45, 2.75) is 6.61 Å². The van der Waals surface area contributed by atoms with Crippen molar-refractivity contribution in [3.8, 4) is 17.6 Å². The van der Waals surface area contributed by atoms with E-state index in [1.165, 1.54) is 6.08 Å². The van der Waals surface area contributed by atoms with Gasteiger partial charge in [0.1, 0.15) is 29.7 Å². The molecule has 3 aromatic carbocycles. The molecule has 0 fully saturated rings. The third-order valence-corrected chi connectivity index (χ3v) is 4.72. The van der Waals surface area contributed by atoms with Gasteiger partial charge in [-0.2, -0.15) is 5.26 Å². The van der Waals surface area contributed by atoms with Crippen LogP contribution < -0.4 is 14.8 Å². The first kappa shape index (κ1) is 21.2.